The van der Waals surface area contributed by atoms with Crippen LogP contribution in [-0.4, -0.2) is 63.5 Å². The molecule has 0 aromatic carbocycles. The Hall–Kier alpha value is -1.45. The summed E-state index contributed by atoms with van der Waals surface area (Å²) in [5.74, 6) is 0.517. The van der Waals surface area contributed by atoms with E-state index in [2.05, 4.69) is 9.88 Å². The summed E-state index contributed by atoms with van der Waals surface area (Å²) < 4.78 is 35.7. The molecule has 1 aromatic heterocycles. The summed E-state index contributed by atoms with van der Waals surface area (Å²) in [6.45, 7) is 3.97. The Morgan fingerprint density at radius 1 is 1.59 bits per heavy atom. The molecule has 0 aliphatic carbocycles. The van der Waals surface area contributed by atoms with Gasteiger partial charge < -0.3 is 14.2 Å². The number of carbonyl (C=O) groups excluding carboxylic acids is 1. The van der Waals surface area contributed by atoms with Gasteiger partial charge in [-0.25, -0.2) is 13.1 Å². The molecule has 0 spiro atoms. The van der Waals surface area contributed by atoms with Gasteiger partial charge in [0.15, 0.2) is 5.69 Å². The molecule has 8 nitrogen and oxygen atoms in total. The standard InChI is InChI=1S/C13H19N3O5S/c1-9-3-11(15-21-9)12(17)16-4-10-5-20-8-13(10,7-16)6-14-22(2,18)19/h3,10,14H,4-8H2,1-2H3/t10-,13+/m1/s1. The van der Waals surface area contributed by atoms with Crippen LogP contribution in [0.3, 0.4) is 0 Å². The molecule has 0 radical (unpaired) electrons. The third-order valence-corrected chi connectivity index (χ3v) is 5.01. The highest BCUT2D eigenvalue weighted by Crippen LogP contribution is 2.41. The number of carbonyl (C=O) groups is 1. The molecule has 0 saturated carbocycles. The van der Waals surface area contributed by atoms with E-state index in [1.165, 1.54) is 0 Å². The number of aryl methyl sites for hydroxylation is 1. The highest BCUT2D eigenvalue weighted by Gasteiger charge is 2.52. The summed E-state index contributed by atoms with van der Waals surface area (Å²) in [5, 5.41) is 3.75. The zero-order valence-electron chi connectivity index (χ0n) is 12.5. The molecule has 3 rings (SSSR count). The first-order valence-electron chi connectivity index (χ1n) is 7.04. The molecule has 9 heteroatoms. The number of nitrogens with one attached hydrogen (secondary N) is 1. The van der Waals surface area contributed by atoms with Crippen LogP contribution in [0.4, 0.5) is 0 Å². The van der Waals surface area contributed by atoms with Gasteiger partial charge in [-0.05, 0) is 6.92 Å². The number of nitrogens with zero attached hydrogens (tertiary/aromatic N) is 2. The Morgan fingerprint density at radius 2 is 2.36 bits per heavy atom. The average Bonchev–Trinajstić information content (AvgIpc) is 3.08. The van der Waals surface area contributed by atoms with Crippen molar-refractivity contribution in [2.75, 3.05) is 39.1 Å². The van der Waals surface area contributed by atoms with Crippen molar-refractivity contribution in [3.63, 3.8) is 0 Å². The molecule has 0 bridgehead atoms. The van der Waals surface area contributed by atoms with E-state index in [1.54, 1.807) is 17.9 Å². The Morgan fingerprint density at radius 3 is 3.00 bits per heavy atom. The molecule has 2 atom stereocenters. The van der Waals surface area contributed by atoms with Crippen molar-refractivity contribution in [2.24, 2.45) is 11.3 Å². The van der Waals surface area contributed by atoms with Gasteiger partial charge >= 0.3 is 0 Å². The zero-order valence-corrected chi connectivity index (χ0v) is 13.4. The molecular formula is C13H19N3O5S. The normalized spacial score (nSPS) is 28.1. The maximum Gasteiger partial charge on any atom is 0.276 e. The van der Waals surface area contributed by atoms with Gasteiger partial charge in [0.1, 0.15) is 5.76 Å². The molecular weight excluding hydrogens is 310 g/mol. The molecule has 122 valence electrons. The fourth-order valence-electron chi connectivity index (χ4n) is 3.14. The minimum absolute atomic E-state index is 0.124. The second-order valence-electron chi connectivity index (χ2n) is 6.18. The number of amides is 1. The second-order valence-corrected chi connectivity index (χ2v) is 8.01. The number of likely N-dealkylation sites (tertiary alicyclic amines) is 1. The molecule has 2 fully saturated rings. The highest BCUT2D eigenvalue weighted by atomic mass is 32.2. The summed E-state index contributed by atoms with van der Waals surface area (Å²) in [6.07, 6.45) is 1.13. The lowest BCUT2D eigenvalue weighted by atomic mass is 9.81. The first kappa shape index (κ1) is 15.4. The first-order chi connectivity index (χ1) is 10.3. The predicted octanol–water partition coefficient (Wildman–Crippen LogP) is -0.379. The maximum atomic E-state index is 12.5. The minimum atomic E-state index is -3.28. The second kappa shape index (κ2) is 5.32. The first-order valence-corrected chi connectivity index (χ1v) is 8.93. The lowest BCUT2D eigenvalue weighted by molar-refractivity contribution is 0.0712. The van der Waals surface area contributed by atoms with Crippen LogP contribution in [0.15, 0.2) is 10.6 Å². The monoisotopic (exact) mass is 329 g/mol. The summed E-state index contributed by atoms with van der Waals surface area (Å²) in [5.41, 5.74) is -0.0815. The predicted molar refractivity (Wildman–Crippen MR) is 76.7 cm³/mol. The van der Waals surface area contributed by atoms with Crippen molar-refractivity contribution < 1.29 is 22.5 Å². The van der Waals surface area contributed by atoms with Crippen LogP contribution in [0, 0.1) is 18.3 Å². The van der Waals surface area contributed by atoms with Crippen LogP contribution in [0.2, 0.25) is 0 Å². The van der Waals surface area contributed by atoms with E-state index in [1.807, 2.05) is 0 Å². The van der Waals surface area contributed by atoms with Crippen molar-refractivity contribution in [3.05, 3.63) is 17.5 Å². The smallest absolute Gasteiger partial charge is 0.276 e. The summed E-state index contributed by atoms with van der Waals surface area (Å²) in [6, 6.07) is 1.61. The van der Waals surface area contributed by atoms with Gasteiger partial charge in [0.25, 0.3) is 5.91 Å². The van der Waals surface area contributed by atoms with E-state index in [4.69, 9.17) is 9.26 Å². The lowest BCUT2D eigenvalue weighted by Crippen LogP contribution is -2.43. The quantitative estimate of drug-likeness (QED) is 0.808. The van der Waals surface area contributed by atoms with Gasteiger partial charge in [0.05, 0.1) is 19.5 Å². The summed E-state index contributed by atoms with van der Waals surface area (Å²) in [7, 11) is -3.28. The topological polar surface area (TPSA) is 102 Å². The van der Waals surface area contributed by atoms with Gasteiger partial charge in [0.2, 0.25) is 10.0 Å². The maximum absolute atomic E-state index is 12.5. The van der Waals surface area contributed by atoms with Crippen LogP contribution in [-0.2, 0) is 14.8 Å². The van der Waals surface area contributed by atoms with E-state index in [0.29, 0.717) is 32.1 Å². The molecule has 1 aromatic rings. The third kappa shape index (κ3) is 2.88. The van der Waals surface area contributed by atoms with Crippen molar-refractivity contribution in [1.82, 2.24) is 14.8 Å². The van der Waals surface area contributed by atoms with Crippen molar-refractivity contribution in [3.8, 4) is 0 Å². The van der Waals surface area contributed by atoms with Crippen molar-refractivity contribution >= 4 is 15.9 Å². The number of aromatic nitrogens is 1. The number of fused-ring (bicyclic) bond motifs is 1. The van der Waals surface area contributed by atoms with E-state index in [9.17, 15) is 13.2 Å². The Bertz CT molecular complexity index is 686. The van der Waals surface area contributed by atoms with Crippen LogP contribution in [0.1, 0.15) is 16.2 Å². The van der Waals surface area contributed by atoms with E-state index in [-0.39, 0.29) is 29.5 Å². The molecule has 2 aliphatic rings. The van der Waals surface area contributed by atoms with Gasteiger partial charge in [-0.1, -0.05) is 5.16 Å². The molecule has 3 heterocycles. The largest absolute Gasteiger partial charge is 0.380 e. The Balaban J connectivity index is 1.74. The number of rotatable bonds is 4. The van der Waals surface area contributed by atoms with Crippen LogP contribution < -0.4 is 4.72 Å². The van der Waals surface area contributed by atoms with Gasteiger partial charge in [-0.15, -0.1) is 0 Å². The van der Waals surface area contributed by atoms with Crippen LogP contribution >= 0.6 is 0 Å². The minimum Gasteiger partial charge on any atom is -0.380 e. The van der Waals surface area contributed by atoms with Crippen molar-refractivity contribution in [2.45, 2.75) is 6.92 Å². The van der Waals surface area contributed by atoms with Gasteiger partial charge in [0, 0.05) is 37.0 Å². The fourth-order valence-corrected chi connectivity index (χ4v) is 3.69. The molecule has 2 saturated heterocycles. The Kier molecular flexibility index (Phi) is 3.74. The molecule has 2 aliphatic heterocycles. The van der Waals surface area contributed by atoms with Gasteiger partial charge in [-0.2, -0.15) is 0 Å². The molecule has 1 amide bonds. The summed E-state index contributed by atoms with van der Waals surface area (Å²) >= 11 is 0. The Labute approximate surface area is 128 Å². The third-order valence-electron chi connectivity index (χ3n) is 4.34. The number of hydrogen-bond acceptors (Lipinski definition) is 6. The average molecular weight is 329 g/mol. The number of ether oxygens (including phenoxy) is 1. The van der Waals surface area contributed by atoms with Crippen LogP contribution in [0.25, 0.3) is 0 Å². The SMILES string of the molecule is Cc1cc(C(=O)N2C[C@@H]3COC[C@]3(CNS(C)(=O)=O)C2)no1. The molecule has 0 unspecified atom stereocenters. The lowest BCUT2D eigenvalue weighted by Gasteiger charge is -2.26. The summed E-state index contributed by atoms with van der Waals surface area (Å²) in [4.78, 5) is 14.2. The van der Waals surface area contributed by atoms with E-state index < -0.39 is 10.0 Å². The van der Waals surface area contributed by atoms with E-state index >= 15 is 0 Å². The molecule has 22 heavy (non-hydrogen) atoms. The highest BCUT2D eigenvalue weighted by molar-refractivity contribution is 7.88. The number of sulfonamides is 1. The fraction of sp³-hybridized carbons (Fsp3) is 0.692. The number of hydrogen-bond donors (Lipinski definition) is 1. The van der Waals surface area contributed by atoms with E-state index in [0.717, 1.165) is 6.26 Å². The van der Waals surface area contributed by atoms with Crippen LogP contribution in [0.5, 0.6) is 0 Å². The molecule has 1 N–H and O–H groups in total. The van der Waals surface area contributed by atoms with Crippen molar-refractivity contribution in [1.29, 1.82) is 0 Å². The zero-order chi connectivity index (χ0) is 16.0. The van der Waals surface area contributed by atoms with Gasteiger partial charge in [-0.3, -0.25) is 4.79 Å².